The molecule has 1 aromatic carbocycles. The lowest BCUT2D eigenvalue weighted by molar-refractivity contribution is -0.135. The number of aromatic nitrogens is 2. The number of hydrogen-bond acceptors (Lipinski definition) is 3. The maximum absolute atomic E-state index is 12.7. The first-order valence-corrected chi connectivity index (χ1v) is 9.98. The molecule has 0 radical (unpaired) electrons. The quantitative estimate of drug-likeness (QED) is 0.848. The monoisotopic (exact) mass is 371 g/mol. The van der Waals surface area contributed by atoms with E-state index in [9.17, 15) is 14.4 Å². The van der Waals surface area contributed by atoms with Crippen LogP contribution in [0.5, 0.6) is 0 Å². The second-order valence-electron chi connectivity index (χ2n) is 7.72. The third-order valence-electron chi connectivity index (χ3n) is 5.75. The van der Waals surface area contributed by atoms with Crippen LogP contribution < -0.4 is 11.2 Å². The molecule has 2 aromatic rings. The molecular formula is C21H29N3O3. The van der Waals surface area contributed by atoms with E-state index < -0.39 is 0 Å². The third-order valence-corrected chi connectivity index (χ3v) is 5.75. The molecule has 0 aliphatic heterocycles. The van der Waals surface area contributed by atoms with Crippen molar-refractivity contribution in [3.05, 3.63) is 45.1 Å². The molecule has 0 saturated heterocycles. The van der Waals surface area contributed by atoms with Crippen LogP contribution in [0.1, 0.15) is 45.4 Å². The minimum Gasteiger partial charge on any atom is -0.346 e. The average Bonchev–Trinajstić information content (AvgIpc) is 2.69. The van der Waals surface area contributed by atoms with Gasteiger partial charge in [-0.1, -0.05) is 25.5 Å². The standard InChI is InChI=1S/C21H29N3O3/c1-3-4-13-23(2)19(25)16-11-9-15(10-12-16)14-24-20(26)17-7-5-6-8-18(17)22-21(24)27/h5-8,15-16H,3-4,9-14H2,1-2H3,(H,22,27). The van der Waals surface area contributed by atoms with E-state index in [0.29, 0.717) is 17.4 Å². The lowest BCUT2D eigenvalue weighted by atomic mass is 9.81. The maximum atomic E-state index is 12.7. The van der Waals surface area contributed by atoms with Gasteiger partial charge in [-0.2, -0.15) is 0 Å². The van der Waals surface area contributed by atoms with Gasteiger partial charge in [0, 0.05) is 26.1 Å². The van der Waals surface area contributed by atoms with E-state index in [1.165, 1.54) is 4.57 Å². The molecule has 1 N–H and O–H groups in total. The molecule has 1 aliphatic carbocycles. The Bertz CT molecular complexity index is 907. The van der Waals surface area contributed by atoms with Crippen LogP contribution in [0.2, 0.25) is 0 Å². The summed E-state index contributed by atoms with van der Waals surface area (Å²) in [7, 11) is 1.89. The van der Waals surface area contributed by atoms with Gasteiger partial charge in [-0.05, 0) is 50.2 Å². The van der Waals surface area contributed by atoms with E-state index in [0.717, 1.165) is 45.1 Å². The van der Waals surface area contributed by atoms with E-state index >= 15 is 0 Å². The Hall–Kier alpha value is -2.37. The Morgan fingerprint density at radius 2 is 1.89 bits per heavy atom. The molecule has 1 amide bonds. The summed E-state index contributed by atoms with van der Waals surface area (Å²) in [5, 5.41) is 0.540. The zero-order valence-corrected chi connectivity index (χ0v) is 16.2. The number of hydrogen-bond donors (Lipinski definition) is 1. The maximum Gasteiger partial charge on any atom is 0.328 e. The van der Waals surface area contributed by atoms with E-state index in [-0.39, 0.29) is 29.0 Å². The lowest BCUT2D eigenvalue weighted by Crippen LogP contribution is -2.39. The van der Waals surface area contributed by atoms with Crippen LogP contribution in [0.25, 0.3) is 10.9 Å². The molecule has 1 heterocycles. The molecule has 0 unspecified atom stereocenters. The number of benzene rings is 1. The predicted octanol–water partition coefficient (Wildman–Crippen LogP) is 2.75. The lowest BCUT2D eigenvalue weighted by Gasteiger charge is -2.30. The van der Waals surface area contributed by atoms with Crippen LogP contribution in [0.15, 0.2) is 33.9 Å². The number of fused-ring (bicyclic) bond motifs is 1. The number of nitrogens with one attached hydrogen (secondary N) is 1. The summed E-state index contributed by atoms with van der Waals surface area (Å²) in [5.41, 5.74) is -0.00350. The first-order chi connectivity index (χ1) is 13.0. The zero-order chi connectivity index (χ0) is 19.4. The van der Waals surface area contributed by atoms with Crippen molar-refractivity contribution >= 4 is 16.8 Å². The summed E-state index contributed by atoms with van der Waals surface area (Å²) >= 11 is 0. The fourth-order valence-corrected chi connectivity index (χ4v) is 4.03. The van der Waals surface area contributed by atoms with Crippen LogP contribution in [0, 0.1) is 11.8 Å². The van der Waals surface area contributed by atoms with Crippen molar-refractivity contribution in [3.8, 4) is 0 Å². The molecule has 1 fully saturated rings. The fraction of sp³-hybridized carbons (Fsp3) is 0.571. The highest BCUT2D eigenvalue weighted by atomic mass is 16.2. The number of nitrogens with zero attached hydrogens (tertiary/aromatic N) is 2. The van der Waals surface area contributed by atoms with Gasteiger partial charge in [0.05, 0.1) is 10.9 Å². The highest BCUT2D eigenvalue weighted by Gasteiger charge is 2.28. The van der Waals surface area contributed by atoms with Crippen LogP contribution in [0.4, 0.5) is 0 Å². The molecule has 1 aromatic heterocycles. The van der Waals surface area contributed by atoms with Crippen LogP contribution in [-0.2, 0) is 11.3 Å². The molecule has 6 nitrogen and oxygen atoms in total. The molecule has 0 spiro atoms. The SMILES string of the molecule is CCCCN(C)C(=O)C1CCC(Cn2c(=O)[nH]c3ccccc3c2=O)CC1. The number of carbonyl (C=O) groups excluding carboxylic acids is 1. The molecule has 0 bridgehead atoms. The number of carbonyl (C=O) groups is 1. The third kappa shape index (κ3) is 4.31. The number of H-pyrrole nitrogens is 1. The second-order valence-corrected chi connectivity index (χ2v) is 7.72. The van der Waals surface area contributed by atoms with E-state index in [4.69, 9.17) is 0 Å². The van der Waals surface area contributed by atoms with Crippen LogP contribution in [-0.4, -0.2) is 34.0 Å². The van der Waals surface area contributed by atoms with Gasteiger partial charge in [-0.3, -0.25) is 14.2 Å². The molecule has 146 valence electrons. The Kier molecular flexibility index (Phi) is 6.14. The number of unbranched alkanes of at least 4 members (excludes halogenated alkanes) is 1. The number of rotatable bonds is 6. The molecule has 0 atom stereocenters. The number of aromatic amines is 1. The van der Waals surface area contributed by atoms with E-state index in [2.05, 4.69) is 11.9 Å². The summed E-state index contributed by atoms with van der Waals surface area (Å²) in [5.74, 6) is 0.576. The van der Waals surface area contributed by atoms with Crippen LogP contribution >= 0.6 is 0 Å². The predicted molar refractivity (Wildman–Crippen MR) is 107 cm³/mol. The van der Waals surface area contributed by atoms with Crippen molar-refractivity contribution in [2.24, 2.45) is 11.8 Å². The normalized spacial score (nSPS) is 19.9. The Morgan fingerprint density at radius 1 is 1.19 bits per heavy atom. The summed E-state index contributed by atoms with van der Waals surface area (Å²) in [6.45, 7) is 3.36. The fourth-order valence-electron chi connectivity index (χ4n) is 4.03. The minimum absolute atomic E-state index is 0.0784. The molecule has 1 saturated carbocycles. The Labute approximate surface area is 159 Å². The summed E-state index contributed by atoms with van der Waals surface area (Å²) in [6, 6.07) is 7.09. The van der Waals surface area contributed by atoms with Gasteiger partial charge in [-0.25, -0.2) is 4.79 Å². The van der Waals surface area contributed by atoms with E-state index in [1.54, 1.807) is 24.3 Å². The molecule has 3 rings (SSSR count). The van der Waals surface area contributed by atoms with Crippen molar-refractivity contribution in [2.75, 3.05) is 13.6 Å². The molecular weight excluding hydrogens is 342 g/mol. The average molecular weight is 371 g/mol. The Balaban J connectivity index is 1.65. The summed E-state index contributed by atoms with van der Waals surface area (Å²) in [4.78, 5) is 42.2. The van der Waals surface area contributed by atoms with Gasteiger partial charge in [0.1, 0.15) is 0 Å². The molecule has 1 aliphatic rings. The topological polar surface area (TPSA) is 75.2 Å². The van der Waals surface area contributed by atoms with Crippen LogP contribution in [0.3, 0.4) is 0 Å². The zero-order valence-electron chi connectivity index (χ0n) is 16.2. The van der Waals surface area contributed by atoms with Crippen molar-refractivity contribution in [1.82, 2.24) is 14.5 Å². The largest absolute Gasteiger partial charge is 0.346 e. The summed E-state index contributed by atoms with van der Waals surface area (Å²) < 4.78 is 1.32. The van der Waals surface area contributed by atoms with Gasteiger partial charge < -0.3 is 9.88 Å². The highest BCUT2D eigenvalue weighted by molar-refractivity contribution is 5.78. The highest BCUT2D eigenvalue weighted by Crippen LogP contribution is 2.30. The van der Waals surface area contributed by atoms with Crippen molar-refractivity contribution in [1.29, 1.82) is 0 Å². The van der Waals surface area contributed by atoms with Gasteiger partial charge in [0.25, 0.3) is 5.56 Å². The van der Waals surface area contributed by atoms with Crippen molar-refractivity contribution in [2.45, 2.75) is 52.0 Å². The van der Waals surface area contributed by atoms with Crippen molar-refractivity contribution in [3.63, 3.8) is 0 Å². The van der Waals surface area contributed by atoms with Gasteiger partial charge in [0.2, 0.25) is 5.91 Å². The molecule has 6 heteroatoms. The first-order valence-electron chi connectivity index (χ1n) is 9.98. The summed E-state index contributed by atoms with van der Waals surface area (Å²) in [6.07, 6.45) is 5.53. The van der Waals surface area contributed by atoms with Crippen molar-refractivity contribution < 1.29 is 4.79 Å². The smallest absolute Gasteiger partial charge is 0.328 e. The number of amides is 1. The first kappa shape index (κ1) is 19.4. The molecule has 27 heavy (non-hydrogen) atoms. The Morgan fingerprint density at radius 3 is 2.59 bits per heavy atom. The van der Waals surface area contributed by atoms with E-state index in [1.807, 2.05) is 11.9 Å². The minimum atomic E-state index is -0.351. The number of para-hydroxylation sites is 1. The van der Waals surface area contributed by atoms with Gasteiger partial charge >= 0.3 is 5.69 Å². The second kappa shape index (κ2) is 8.55. The van der Waals surface area contributed by atoms with Gasteiger partial charge in [-0.15, -0.1) is 0 Å². The van der Waals surface area contributed by atoms with Gasteiger partial charge in [0.15, 0.2) is 0 Å².